The van der Waals surface area contributed by atoms with Crippen LogP contribution < -0.4 is 0 Å². The summed E-state index contributed by atoms with van der Waals surface area (Å²) < 4.78 is 0. The molecule has 0 saturated heterocycles. The van der Waals surface area contributed by atoms with Crippen LogP contribution in [-0.2, 0) is 0 Å². The molecule has 4 nitrogen and oxygen atoms in total. The number of nitrogens with one attached hydrogen (secondary N) is 1. The van der Waals surface area contributed by atoms with E-state index in [1.807, 2.05) is 43.3 Å². The zero-order valence-corrected chi connectivity index (χ0v) is 16.1. The number of aromatic nitrogens is 1. The molecule has 4 rings (SSSR count). The molecule has 3 aromatic carbocycles. The van der Waals surface area contributed by atoms with Crippen LogP contribution in [-0.4, -0.2) is 16.5 Å². The van der Waals surface area contributed by atoms with Crippen LogP contribution in [0.4, 0.5) is 0 Å². The van der Waals surface area contributed by atoms with Crippen molar-refractivity contribution in [3.05, 3.63) is 105 Å². The minimum absolute atomic E-state index is 0.192. The molecule has 0 radical (unpaired) electrons. The standard InChI is InChI=1S/C23H19ClN2O2/c1-15-6-8-17(9-7-15)23-22(19-4-2-3-5-21(19)25-23)20(14-26(27)28)16-10-12-18(24)13-11-16/h2-13,20,25H,14H2,1H3/t20-/m0/s1. The summed E-state index contributed by atoms with van der Waals surface area (Å²) in [6.07, 6.45) is 0. The van der Waals surface area contributed by atoms with E-state index in [0.29, 0.717) is 5.02 Å². The van der Waals surface area contributed by atoms with Crippen LogP contribution in [0.2, 0.25) is 5.02 Å². The minimum atomic E-state index is -0.389. The summed E-state index contributed by atoms with van der Waals surface area (Å²) in [4.78, 5) is 14.8. The zero-order valence-electron chi connectivity index (χ0n) is 15.4. The van der Waals surface area contributed by atoms with E-state index >= 15 is 0 Å². The predicted molar refractivity (Wildman–Crippen MR) is 114 cm³/mol. The molecule has 1 aromatic heterocycles. The van der Waals surface area contributed by atoms with Gasteiger partial charge < -0.3 is 4.98 Å². The first kappa shape index (κ1) is 18.3. The molecule has 0 bridgehead atoms. The lowest BCUT2D eigenvalue weighted by Gasteiger charge is -2.16. The number of aryl methyl sites for hydroxylation is 1. The number of halogens is 1. The summed E-state index contributed by atoms with van der Waals surface area (Å²) >= 11 is 6.04. The van der Waals surface area contributed by atoms with E-state index in [-0.39, 0.29) is 17.4 Å². The first-order chi connectivity index (χ1) is 13.5. The van der Waals surface area contributed by atoms with Gasteiger partial charge in [0.2, 0.25) is 6.54 Å². The van der Waals surface area contributed by atoms with Crippen LogP contribution >= 0.6 is 11.6 Å². The smallest absolute Gasteiger partial charge is 0.214 e. The second-order valence-corrected chi connectivity index (χ2v) is 7.38. The van der Waals surface area contributed by atoms with Crippen molar-refractivity contribution in [3.8, 4) is 11.3 Å². The van der Waals surface area contributed by atoms with Gasteiger partial charge in [-0.05, 0) is 41.8 Å². The highest BCUT2D eigenvalue weighted by Crippen LogP contribution is 2.39. The molecule has 0 amide bonds. The second-order valence-electron chi connectivity index (χ2n) is 6.94. The molecule has 0 aliphatic heterocycles. The molecule has 1 N–H and O–H groups in total. The number of para-hydroxylation sites is 1. The predicted octanol–water partition coefficient (Wildman–Crippen LogP) is 6.21. The van der Waals surface area contributed by atoms with Crippen molar-refractivity contribution in [1.29, 1.82) is 0 Å². The van der Waals surface area contributed by atoms with Gasteiger partial charge in [-0.3, -0.25) is 10.1 Å². The third-order valence-corrected chi connectivity index (χ3v) is 5.29. The van der Waals surface area contributed by atoms with Crippen molar-refractivity contribution in [1.82, 2.24) is 4.98 Å². The Labute approximate surface area is 167 Å². The molecule has 5 heteroatoms. The Morgan fingerprint density at radius 3 is 2.36 bits per heavy atom. The molecule has 0 saturated carbocycles. The number of nitrogens with zero attached hydrogens (tertiary/aromatic N) is 1. The van der Waals surface area contributed by atoms with E-state index in [9.17, 15) is 10.1 Å². The van der Waals surface area contributed by atoms with E-state index in [1.165, 1.54) is 5.56 Å². The lowest BCUT2D eigenvalue weighted by molar-refractivity contribution is -0.481. The summed E-state index contributed by atoms with van der Waals surface area (Å²) in [7, 11) is 0. The quantitative estimate of drug-likeness (QED) is 0.325. The van der Waals surface area contributed by atoms with E-state index in [0.717, 1.165) is 33.3 Å². The number of rotatable bonds is 5. The number of hydrogen-bond acceptors (Lipinski definition) is 2. The van der Waals surface area contributed by atoms with E-state index in [1.54, 1.807) is 12.1 Å². The Bertz CT molecular complexity index is 1130. The zero-order chi connectivity index (χ0) is 19.7. The normalized spacial score (nSPS) is 12.2. The molecular formula is C23H19ClN2O2. The minimum Gasteiger partial charge on any atom is -0.354 e. The average molecular weight is 391 g/mol. The van der Waals surface area contributed by atoms with Crippen molar-refractivity contribution in [2.45, 2.75) is 12.8 Å². The van der Waals surface area contributed by atoms with Crippen LogP contribution in [0.15, 0.2) is 72.8 Å². The monoisotopic (exact) mass is 390 g/mol. The number of hydrogen-bond donors (Lipinski definition) is 1. The molecule has 4 aromatic rings. The van der Waals surface area contributed by atoms with Gasteiger partial charge in [-0.25, -0.2) is 0 Å². The van der Waals surface area contributed by atoms with Crippen molar-refractivity contribution in [2.24, 2.45) is 0 Å². The third-order valence-electron chi connectivity index (χ3n) is 5.04. The number of H-pyrrole nitrogens is 1. The maximum absolute atomic E-state index is 11.5. The Kier molecular flexibility index (Phi) is 4.88. The van der Waals surface area contributed by atoms with E-state index in [2.05, 4.69) is 29.2 Å². The number of benzene rings is 3. The lowest BCUT2D eigenvalue weighted by Crippen LogP contribution is -2.14. The Morgan fingerprint density at radius 2 is 1.68 bits per heavy atom. The van der Waals surface area contributed by atoms with Gasteiger partial charge in [-0.15, -0.1) is 0 Å². The summed E-state index contributed by atoms with van der Waals surface area (Å²) in [5, 5.41) is 13.2. The maximum Gasteiger partial charge on any atom is 0.214 e. The Hall–Kier alpha value is -3.11. The molecule has 1 heterocycles. The first-order valence-corrected chi connectivity index (χ1v) is 9.45. The molecule has 0 aliphatic carbocycles. The van der Waals surface area contributed by atoms with Crippen LogP contribution in [0.3, 0.4) is 0 Å². The summed E-state index contributed by atoms with van der Waals surface area (Å²) in [6, 6.07) is 23.5. The first-order valence-electron chi connectivity index (χ1n) is 9.08. The summed E-state index contributed by atoms with van der Waals surface area (Å²) in [5.74, 6) is -0.389. The summed E-state index contributed by atoms with van der Waals surface area (Å²) in [5.41, 5.74) is 5.89. The molecule has 0 unspecified atom stereocenters. The van der Waals surface area contributed by atoms with Crippen molar-refractivity contribution in [3.63, 3.8) is 0 Å². The van der Waals surface area contributed by atoms with E-state index < -0.39 is 0 Å². The van der Waals surface area contributed by atoms with Gasteiger partial charge in [-0.1, -0.05) is 71.8 Å². The molecule has 140 valence electrons. The number of aromatic amines is 1. The topological polar surface area (TPSA) is 58.9 Å². The Balaban J connectivity index is 1.97. The molecule has 1 atom stereocenters. The molecule has 0 fully saturated rings. The molecular weight excluding hydrogens is 372 g/mol. The van der Waals surface area contributed by atoms with Gasteiger partial charge in [0.1, 0.15) is 0 Å². The van der Waals surface area contributed by atoms with Crippen LogP contribution in [0.25, 0.3) is 22.2 Å². The van der Waals surface area contributed by atoms with Gasteiger partial charge in [0.05, 0.1) is 11.6 Å². The number of fused-ring (bicyclic) bond motifs is 1. The third kappa shape index (κ3) is 3.51. The highest BCUT2D eigenvalue weighted by Gasteiger charge is 2.27. The molecule has 0 spiro atoms. The fraction of sp³-hybridized carbons (Fsp3) is 0.130. The van der Waals surface area contributed by atoms with Gasteiger partial charge in [0.25, 0.3) is 0 Å². The van der Waals surface area contributed by atoms with Gasteiger partial charge in [0, 0.05) is 20.8 Å². The maximum atomic E-state index is 11.5. The lowest BCUT2D eigenvalue weighted by atomic mass is 9.87. The molecule has 0 aliphatic rings. The highest BCUT2D eigenvalue weighted by atomic mass is 35.5. The van der Waals surface area contributed by atoms with Crippen LogP contribution in [0.1, 0.15) is 22.6 Å². The van der Waals surface area contributed by atoms with Gasteiger partial charge in [0.15, 0.2) is 0 Å². The van der Waals surface area contributed by atoms with Gasteiger partial charge in [-0.2, -0.15) is 0 Å². The fourth-order valence-corrected chi connectivity index (χ4v) is 3.81. The number of nitro groups is 1. The van der Waals surface area contributed by atoms with Crippen molar-refractivity contribution in [2.75, 3.05) is 6.54 Å². The van der Waals surface area contributed by atoms with Crippen molar-refractivity contribution < 1.29 is 4.92 Å². The van der Waals surface area contributed by atoms with Crippen LogP contribution in [0.5, 0.6) is 0 Å². The fourth-order valence-electron chi connectivity index (χ4n) is 3.68. The largest absolute Gasteiger partial charge is 0.354 e. The van der Waals surface area contributed by atoms with E-state index in [4.69, 9.17) is 11.6 Å². The highest BCUT2D eigenvalue weighted by molar-refractivity contribution is 6.30. The SMILES string of the molecule is Cc1ccc(-c2[nH]c3ccccc3c2[C@@H](C[N+](=O)[O-])c2ccc(Cl)cc2)cc1. The van der Waals surface area contributed by atoms with Crippen molar-refractivity contribution >= 4 is 22.5 Å². The molecule has 28 heavy (non-hydrogen) atoms. The van der Waals surface area contributed by atoms with Gasteiger partial charge >= 0.3 is 0 Å². The second kappa shape index (κ2) is 7.49. The summed E-state index contributed by atoms with van der Waals surface area (Å²) in [6.45, 7) is 1.85. The average Bonchev–Trinajstić information content (AvgIpc) is 3.06. The Morgan fingerprint density at radius 1 is 1.00 bits per heavy atom. The van der Waals surface area contributed by atoms with Crippen LogP contribution in [0, 0.1) is 17.0 Å².